The third-order valence-electron chi connectivity index (χ3n) is 5.60. The number of esters is 1. The highest BCUT2D eigenvalue weighted by atomic mass is 32.1. The molecule has 4 rings (SSSR count). The molecule has 0 amide bonds. The summed E-state index contributed by atoms with van der Waals surface area (Å²) in [4.78, 5) is 42.3. The van der Waals surface area contributed by atoms with Gasteiger partial charge in [0, 0.05) is 17.7 Å². The number of hydrogen-bond donors (Lipinski definition) is 1. The van der Waals surface area contributed by atoms with Gasteiger partial charge in [-0.25, -0.2) is 9.79 Å². The molecule has 37 heavy (non-hydrogen) atoms. The summed E-state index contributed by atoms with van der Waals surface area (Å²) in [5.41, 5.74) is 0.728. The first-order chi connectivity index (χ1) is 17.6. The van der Waals surface area contributed by atoms with E-state index >= 15 is 0 Å². The lowest BCUT2D eigenvalue weighted by Gasteiger charge is -2.25. The van der Waals surface area contributed by atoms with E-state index in [1.807, 2.05) is 6.92 Å². The third kappa shape index (κ3) is 5.17. The van der Waals surface area contributed by atoms with E-state index in [0.29, 0.717) is 28.4 Å². The van der Waals surface area contributed by atoms with Crippen molar-refractivity contribution in [3.8, 4) is 11.5 Å². The first-order valence-corrected chi connectivity index (χ1v) is 12.4. The average Bonchev–Trinajstić information content (AvgIpc) is 3.14. The van der Waals surface area contributed by atoms with E-state index in [0.717, 1.165) is 11.3 Å². The first kappa shape index (κ1) is 25.8. The molecule has 0 saturated heterocycles. The van der Waals surface area contributed by atoms with Crippen molar-refractivity contribution in [2.75, 3.05) is 6.61 Å². The lowest BCUT2D eigenvalue weighted by molar-refractivity contribution is -0.384. The summed E-state index contributed by atoms with van der Waals surface area (Å²) in [6, 6.07) is 9.83. The number of carbonyl (C=O) groups excluding carboxylic acids is 1. The fraction of sp³-hybridized carbons (Fsp3) is 0.269. The SMILES string of the molecule is CCOc1ccc([C@H]2C(C(=O)OC(C)C)=C(C)N=c3s/c(=C/c4cc([N+](=O)[O-])ccc4O)c(=O)n32)cc1. The number of non-ortho nitro benzene ring substituents is 1. The van der Waals surface area contributed by atoms with Crippen LogP contribution < -0.4 is 19.6 Å². The van der Waals surface area contributed by atoms with E-state index in [9.17, 15) is 24.8 Å². The summed E-state index contributed by atoms with van der Waals surface area (Å²) in [7, 11) is 0. The predicted octanol–water partition coefficient (Wildman–Crippen LogP) is 3.20. The third-order valence-corrected chi connectivity index (χ3v) is 6.58. The van der Waals surface area contributed by atoms with E-state index in [-0.39, 0.29) is 33.2 Å². The monoisotopic (exact) mass is 523 g/mol. The molecule has 2 heterocycles. The van der Waals surface area contributed by atoms with E-state index in [2.05, 4.69) is 4.99 Å². The van der Waals surface area contributed by atoms with Gasteiger partial charge in [0.1, 0.15) is 11.5 Å². The van der Waals surface area contributed by atoms with Gasteiger partial charge < -0.3 is 14.6 Å². The molecule has 1 aliphatic heterocycles. The van der Waals surface area contributed by atoms with E-state index < -0.39 is 22.5 Å². The Hall–Kier alpha value is -4.25. The van der Waals surface area contributed by atoms with Crippen LogP contribution in [0.25, 0.3) is 6.08 Å². The van der Waals surface area contributed by atoms with Gasteiger partial charge in [0.25, 0.3) is 11.2 Å². The molecule has 1 aliphatic rings. The number of aromatic nitrogens is 1. The highest BCUT2D eigenvalue weighted by molar-refractivity contribution is 7.07. The van der Waals surface area contributed by atoms with E-state index in [1.165, 1.54) is 28.8 Å². The molecule has 3 aromatic rings. The molecule has 10 nitrogen and oxygen atoms in total. The van der Waals surface area contributed by atoms with Gasteiger partial charge in [0.05, 0.1) is 39.5 Å². The van der Waals surface area contributed by atoms with Crippen LogP contribution in [0.2, 0.25) is 0 Å². The maximum atomic E-state index is 13.7. The van der Waals surface area contributed by atoms with Gasteiger partial charge in [-0.3, -0.25) is 19.5 Å². The largest absolute Gasteiger partial charge is 0.507 e. The fourth-order valence-corrected chi connectivity index (χ4v) is 5.04. The second-order valence-electron chi connectivity index (χ2n) is 8.54. The summed E-state index contributed by atoms with van der Waals surface area (Å²) >= 11 is 1.06. The zero-order chi connectivity index (χ0) is 26.9. The number of hydrogen-bond acceptors (Lipinski definition) is 9. The number of benzene rings is 2. The van der Waals surface area contributed by atoms with Gasteiger partial charge in [0.2, 0.25) is 0 Å². The van der Waals surface area contributed by atoms with Crippen LogP contribution in [0.1, 0.15) is 44.9 Å². The van der Waals surface area contributed by atoms with Crippen molar-refractivity contribution in [3.63, 3.8) is 0 Å². The van der Waals surface area contributed by atoms with Crippen LogP contribution in [0, 0.1) is 10.1 Å². The van der Waals surface area contributed by atoms with Crippen LogP contribution in [-0.4, -0.2) is 33.3 Å². The van der Waals surface area contributed by atoms with Crippen molar-refractivity contribution in [1.29, 1.82) is 0 Å². The molecule has 11 heteroatoms. The number of allylic oxidation sites excluding steroid dienone is 1. The summed E-state index contributed by atoms with van der Waals surface area (Å²) in [5.74, 6) is -0.149. The Bertz CT molecular complexity index is 1580. The van der Waals surface area contributed by atoms with Crippen molar-refractivity contribution in [2.45, 2.75) is 39.8 Å². The van der Waals surface area contributed by atoms with Crippen LogP contribution in [0.3, 0.4) is 0 Å². The average molecular weight is 524 g/mol. The topological polar surface area (TPSA) is 133 Å². The maximum Gasteiger partial charge on any atom is 0.338 e. The summed E-state index contributed by atoms with van der Waals surface area (Å²) in [6.45, 7) is 7.52. The number of ether oxygens (including phenoxy) is 2. The quantitative estimate of drug-likeness (QED) is 0.286. The van der Waals surface area contributed by atoms with Crippen LogP contribution in [0.5, 0.6) is 11.5 Å². The van der Waals surface area contributed by atoms with E-state index in [1.54, 1.807) is 45.0 Å². The second-order valence-corrected chi connectivity index (χ2v) is 9.55. The lowest BCUT2D eigenvalue weighted by atomic mass is 9.96. The summed E-state index contributed by atoms with van der Waals surface area (Å²) < 4.78 is 12.6. The van der Waals surface area contributed by atoms with Gasteiger partial charge >= 0.3 is 5.97 Å². The predicted molar refractivity (Wildman–Crippen MR) is 137 cm³/mol. The van der Waals surface area contributed by atoms with Crippen molar-refractivity contribution in [1.82, 2.24) is 4.57 Å². The van der Waals surface area contributed by atoms with Crippen LogP contribution in [0.4, 0.5) is 5.69 Å². The molecule has 0 bridgehead atoms. The molecular formula is C26H25N3O7S. The standard InChI is InChI=1S/C26H25N3O7S/c1-5-35-19-9-6-16(7-10-19)23-22(25(32)36-14(2)3)15(4)27-26-28(23)24(31)21(37-26)13-17-12-18(29(33)34)8-11-20(17)30/h6-14,23,30H,5H2,1-4H3/b21-13+/t23-/m0/s1. The molecule has 0 unspecified atom stereocenters. The normalized spacial score (nSPS) is 15.4. The fourth-order valence-electron chi connectivity index (χ4n) is 4.00. The Labute approximate surface area is 215 Å². The summed E-state index contributed by atoms with van der Waals surface area (Å²) in [6.07, 6.45) is 1.00. The first-order valence-electron chi connectivity index (χ1n) is 11.5. The minimum Gasteiger partial charge on any atom is -0.507 e. The highest BCUT2D eigenvalue weighted by Gasteiger charge is 2.33. The van der Waals surface area contributed by atoms with Crippen molar-refractivity contribution in [2.24, 2.45) is 4.99 Å². The Morgan fingerprint density at radius 3 is 2.59 bits per heavy atom. The van der Waals surface area contributed by atoms with Gasteiger partial charge in [-0.15, -0.1) is 0 Å². The molecule has 1 atom stereocenters. The number of nitro groups is 1. The molecule has 1 N–H and O–H groups in total. The Kier molecular flexibility index (Phi) is 7.25. The highest BCUT2D eigenvalue weighted by Crippen LogP contribution is 2.32. The minimum atomic E-state index is -0.820. The van der Waals surface area contributed by atoms with Crippen molar-refractivity contribution in [3.05, 3.63) is 94.7 Å². The van der Waals surface area contributed by atoms with E-state index in [4.69, 9.17) is 9.47 Å². The number of nitrogens with zero attached hydrogens (tertiary/aromatic N) is 3. The molecule has 0 aliphatic carbocycles. The maximum absolute atomic E-state index is 13.7. The van der Waals surface area contributed by atoms with Gasteiger partial charge in [-0.05, 0) is 57.5 Å². The number of carbonyl (C=O) groups is 1. The number of aromatic hydroxyl groups is 1. The minimum absolute atomic E-state index is 0.118. The molecule has 0 saturated carbocycles. The Morgan fingerprint density at radius 1 is 1.27 bits per heavy atom. The smallest absolute Gasteiger partial charge is 0.338 e. The number of rotatable bonds is 7. The Morgan fingerprint density at radius 2 is 1.97 bits per heavy atom. The molecule has 1 aromatic heterocycles. The van der Waals surface area contributed by atoms with Crippen LogP contribution >= 0.6 is 11.3 Å². The van der Waals surface area contributed by atoms with Gasteiger partial charge in [-0.2, -0.15) is 0 Å². The number of phenols is 1. The van der Waals surface area contributed by atoms with Gasteiger partial charge in [0.15, 0.2) is 4.80 Å². The van der Waals surface area contributed by atoms with Crippen LogP contribution in [-0.2, 0) is 9.53 Å². The molecule has 192 valence electrons. The van der Waals surface area contributed by atoms with Gasteiger partial charge in [-0.1, -0.05) is 23.5 Å². The zero-order valence-electron chi connectivity index (χ0n) is 20.6. The molecule has 0 radical (unpaired) electrons. The lowest BCUT2D eigenvalue weighted by Crippen LogP contribution is -2.40. The molecular weight excluding hydrogens is 498 g/mol. The number of thiazole rings is 1. The number of phenolic OH excluding ortho intramolecular Hbond substituents is 1. The molecule has 0 fully saturated rings. The molecule has 2 aromatic carbocycles. The second kappa shape index (κ2) is 10.4. The summed E-state index contributed by atoms with van der Waals surface area (Å²) in [5, 5.41) is 21.4. The van der Waals surface area contributed by atoms with Crippen LogP contribution in [0.15, 0.2) is 63.5 Å². The molecule has 0 spiro atoms. The number of nitro benzene ring substituents is 1. The van der Waals surface area contributed by atoms with Crippen molar-refractivity contribution >= 4 is 29.1 Å². The number of fused-ring (bicyclic) bond motifs is 1. The zero-order valence-corrected chi connectivity index (χ0v) is 21.4. The Balaban J connectivity index is 1.93. The van der Waals surface area contributed by atoms with Crippen molar-refractivity contribution < 1.29 is 24.3 Å².